The molecule has 208 valence electrons. The Balaban J connectivity index is 1.72. The molecule has 0 radical (unpaired) electrons. The minimum absolute atomic E-state index is 0.210. The summed E-state index contributed by atoms with van der Waals surface area (Å²) in [6.45, 7) is 2.30. The maximum absolute atomic E-state index is 13.8. The Kier molecular flexibility index (Phi) is 9.54. The van der Waals surface area contributed by atoms with Gasteiger partial charge in [0.25, 0.3) is 0 Å². The summed E-state index contributed by atoms with van der Waals surface area (Å²) in [5.41, 5.74) is 3.32. The van der Waals surface area contributed by atoms with E-state index in [2.05, 4.69) is 0 Å². The number of methoxy groups -OCH3 is 2. The molecule has 4 rings (SSSR count). The Labute approximate surface area is 229 Å². The van der Waals surface area contributed by atoms with E-state index in [4.69, 9.17) is 9.47 Å². The molecule has 1 fully saturated rings. The summed E-state index contributed by atoms with van der Waals surface area (Å²) in [5.74, 6) is -0.908. The van der Waals surface area contributed by atoms with Crippen LogP contribution in [-0.4, -0.2) is 40.3 Å². The topological polar surface area (TPSA) is 99.8 Å². The third-order valence-corrected chi connectivity index (χ3v) is 7.62. The molecule has 0 unspecified atom stereocenters. The highest BCUT2D eigenvalue weighted by molar-refractivity contribution is 5.96. The van der Waals surface area contributed by atoms with Gasteiger partial charge in [-0.25, -0.2) is 14.2 Å². The van der Waals surface area contributed by atoms with Gasteiger partial charge in [-0.1, -0.05) is 75.1 Å². The number of aromatic nitrogens is 2. The van der Waals surface area contributed by atoms with Gasteiger partial charge >= 0.3 is 11.7 Å². The number of carbonyl (C=O) groups is 2. The van der Waals surface area contributed by atoms with Crippen LogP contribution >= 0.6 is 0 Å². The van der Waals surface area contributed by atoms with Gasteiger partial charge in [0.2, 0.25) is 12.2 Å². The van der Waals surface area contributed by atoms with E-state index in [1.165, 1.54) is 25.2 Å². The van der Waals surface area contributed by atoms with Gasteiger partial charge in [0.1, 0.15) is 5.69 Å². The van der Waals surface area contributed by atoms with Crippen LogP contribution in [0.2, 0.25) is 0 Å². The Hall–Kier alpha value is -3.49. The number of hydrogen-bond donors (Lipinski definition) is 1. The summed E-state index contributed by atoms with van der Waals surface area (Å²) in [6.07, 6.45) is 6.30. The van der Waals surface area contributed by atoms with Crippen LogP contribution in [0.1, 0.15) is 90.3 Å². The van der Waals surface area contributed by atoms with E-state index < -0.39 is 12.3 Å². The van der Waals surface area contributed by atoms with Gasteiger partial charge in [-0.15, -0.1) is 0 Å². The van der Waals surface area contributed by atoms with Crippen molar-refractivity contribution in [2.75, 3.05) is 14.2 Å². The normalized spacial score (nSPS) is 14.2. The van der Waals surface area contributed by atoms with E-state index in [-0.39, 0.29) is 29.6 Å². The lowest BCUT2D eigenvalue weighted by Crippen LogP contribution is -2.32. The van der Waals surface area contributed by atoms with E-state index in [0.29, 0.717) is 24.1 Å². The Morgan fingerprint density at radius 1 is 1.00 bits per heavy atom. The molecule has 8 heteroatoms. The van der Waals surface area contributed by atoms with Crippen molar-refractivity contribution in [3.63, 3.8) is 0 Å². The summed E-state index contributed by atoms with van der Waals surface area (Å²) in [4.78, 5) is 39.1. The second-order valence-corrected chi connectivity index (χ2v) is 10.2. The predicted molar refractivity (Wildman–Crippen MR) is 149 cm³/mol. The molecule has 1 aliphatic rings. The molecule has 1 saturated carbocycles. The molecule has 1 heterocycles. The lowest BCUT2D eigenvalue weighted by atomic mass is 9.87. The number of carboxylic acids is 1. The summed E-state index contributed by atoms with van der Waals surface area (Å²) >= 11 is 0. The summed E-state index contributed by atoms with van der Waals surface area (Å²) in [6, 6.07) is 14.4. The van der Waals surface area contributed by atoms with Crippen LogP contribution in [0.15, 0.2) is 53.3 Å². The van der Waals surface area contributed by atoms with Gasteiger partial charge in [0.15, 0.2) is 0 Å². The predicted octanol–water partition coefficient (Wildman–Crippen LogP) is 5.92. The molecule has 0 amide bonds. The van der Waals surface area contributed by atoms with Crippen molar-refractivity contribution in [3.8, 4) is 11.1 Å². The smallest absolute Gasteiger partial charge is 0.336 e. The largest absolute Gasteiger partial charge is 0.478 e. The van der Waals surface area contributed by atoms with Gasteiger partial charge in [0.05, 0.1) is 12.1 Å². The molecular weight excluding hydrogens is 496 g/mol. The van der Waals surface area contributed by atoms with Gasteiger partial charge in [0, 0.05) is 26.3 Å². The van der Waals surface area contributed by atoms with Crippen molar-refractivity contribution < 1.29 is 24.2 Å². The number of rotatable bonds is 11. The molecule has 0 spiro atoms. The molecular formula is C31H38N2O6. The van der Waals surface area contributed by atoms with Crippen molar-refractivity contribution in [3.05, 3.63) is 81.5 Å². The number of aromatic carboxylic acids is 1. The molecule has 0 aliphatic heterocycles. The third-order valence-electron chi connectivity index (χ3n) is 7.62. The lowest BCUT2D eigenvalue weighted by Gasteiger charge is -2.22. The standard InChI is InChI=1S/C31H38N2O6/c1-4-10-26-28(30(38-2)39-3)33(27(34)19-21-11-6-5-7-12-21)31(37)32(26)20-22-15-17-23(18-16-22)24-13-8-9-14-25(24)29(35)36/h8-9,13-18,21,30H,4-7,10-12,19-20H2,1-3H3,(H,35,36). The number of benzene rings is 2. The average Bonchev–Trinajstić information content (AvgIpc) is 3.21. The zero-order valence-corrected chi connectivity index (χ0v) is 23.0. The number of nitrogens with zero attached hydrogens (tertiary/aromatic N) is 2. The fourth-order valence-corrected chi connectivity index (χ4v) is 5.69. The molecule has 1 aromatic heterocycles. The second kappa shape index (κ2) is 13.0. The molecule has 1 N–H and O–H groups in total. The minimum Gasteiger partial charge on any atom is -0.478 e. The molecule has 8 nitrogen and oxygen atoms in total. The SMILES string of the molecule is CCCc1c(C(OC)OC)n(C(=O)CC2CCCCC2)c(=O)n1Cc1ccc(-c2ccccc2C(=O)O)cc1. The fourth-order valence-electron chi connectivity index (χ4n) is 5.69. The molecule has 0 bridgehead atoms. The first-order valence-electron chi connectivity index (χ1n) is 13.7. The molecule has 0 saturated heterocycles. The highest BCUT2D eigenvalue weighted by Gasteiger charge is 2.30. The highest BCUT2D eigenvalue weighted by atomic mass is 16.7. The van der Waals surface area contributed by atoms with Gasteiger partial charge in [-0.3, -0.25) is 9.36 Å². The molecule has 3 aromatic rings. The molecule has 0 atom stereocenters. The number of carbonyl (C=O) groups excluding carboxylic acids is 1. The monoisotopic (exact) mass is 534 g/mol. The number of hydrogen-bond acceptors (Lipinski definition) is 5. The molecule has 1 aliphatic carbocycles. The van der Waals surface area contributed by atoms with E-state index >= 15 is 0 Å². The zero-order valence-electron chi connectivity index (χ0n) is 23.0. The lowest BCUT2D eigenvalue weighted by molar-refractivity contribution is -0.110. The van der Waals surface area contributed by atoms with Crippen LogP contribution in [0.5, 0.6) is 0 Å². The highest BCUT2D eigenvalue weighted by Crippen LogP contribution is 2.29. The minimum atomic E-state index is -0.983. The first-order valence-corrected chi connectivity index (χ1v) is 13.7. The quantitative estimate of drug-likeness (QED) is 0.307. The van der Waals surface area contributed by atoms with Gasteiger partial charge < -0.3 is 14.6 Å². The van der Waals surface area contributed by atoms with Crippen LogP contribution in [-0.2, 0) is 22.4 Å². The van der Waals surface area contributed by atoms with Crippen molar-refractivity contribution in [1.29, 1.82) is 0 Å². The molecule has 2 aromatic carbocycles. The van der Waals surface area contributed by atoms with Crippen LogP contribution in [0.4, 0.5) is 0 Å². The van der Waals surface area contributed by atoms with E-state index in [1.54, 1.807) is 22.8 Å². The Morgan fingerprint density at radius 2 is 1.67 bits per heavy atom. The van der Waals surface area contributed by atoms with Crippen LogP contribution < -0.4 is 5.69 Å². The van der Waals surface area contributed by atoms with E-state index in [1.807, 2.05) is 37.3 Å². The maximum atomic E-state index is 13.8. The first-order chi connectivity index (χ1) is 18.9. The van der Waals surface area contributed by atoms with Crippen molar-refractivity contribution in [2.45, 2.75) is 71.1 Å². The van der Waals surface area contributed by atoms with Crippen molar-refractivity contribution in [1.82, 2.24) is 9.13 Å². The Morgan fingerprint density at radius 3 is 2.28 bits per heavy atom. The summed E-state index contributed by atoms with van der Waals surface area (Å²) < 4.78 is 14.1. The summed E-state index contributed by atoms with van der Waals surface area (Å²) in [7, 11) is 3.02. The van der Waals surface area contributed by atoms with E-state index in [9.17, 15) is 19.5 Å². The maximum Gasteiger partial charge on any atom is 0.336 e. The third kappa shape index (κ3) is 6.23. The van der Waals surface area contributed by atoms with Crippen LogP contribution in [0, 0.1) is 5.92 Å². The number of ether oxygens (including phenoxy) is 2. The zero-order chi connectivity index (χ0) is 27.9. The summed E-state index contributed by atoms with van der Waals surface area (Å²) in [5, 5.41) is 9.56. The fraction of sp³-hybridized carbons (Fsp3) is 0.452. The first kappa shape index (κ1) is 28.5. The average molecular weight is 535 g/mol. The van der Waals surface area contributed by atoms with Crippen LogP contribution in [0.3, 0.4) is 0 Å². The van der Waals surface area contributed by atoms with Crippen molar-refractivity contribution >= 4 is 11.9 Å². The number of imidazole rings is 1. The van der Waals surface area contributed by atoms with Crippen molar-refractivity contribution in [2.24, 2.45) is 5.92 Å². The Bertz CT molecular complexity index is 1340. The molecule has 39 heavy (non-hydrogen) atoms. The van der Waals surface area contributed by atoms with Gasteiger partial charge in [-0.2, -0.15) is 0 Å². The second-order valence-electron chi connectivity index (χ2n) is 10.2. The van der Waals surface area contributed by atoms with Crippen LogP contribution in [0.25, 0.3) is 11.1 Å². The number of carboxylic acid groups (broad SMARTS) is 1. The van der Waals surface area contributed by atoms with E-state index in [0.717, 1.165) is 48.9 Å². The van der Waals surface area contributed by atoms with Gasteiger partial charge in [-0.05, 0) is 47.9 Å².